The van der Waals surface area contributed by atoms with Gasteiger partial charge in [-0.1, -0.05) is 13.3 Å². The Hall–Kier alpha value is -1.17. The fraction of sp³-hybridized carbons (Fsp3) is 0.417. The zero-order valence-electron chi connectivity index (χ0n) is 10.0. The highest BCUT2D eigenvalue weighted by Gasteiger charge is 2.33. The first kappa shape index (κ1) is 14.9. The summed E-state index contributed by atoms with van der Waals surface area (Å²) in [5, 5.41) is -0.998. The SMILES string of the molecule is CCCc1cc(C(=O)SC(F)(F)F)ccc1OC. The van der Waals surface area contributed by atoms with E-state index in [1.54, 1.807) is 0 Å². The van der Waals surface area contributed by atoms with Crippen molar-refractivity contribution in [1.29, 1.82) is 0 Å². The van der Waals surface area contributed by atoms with Gasteiger partial charge in [0.15, 0.2) is 0 Å². The minimum absolute atomic E-state index is 0.0431. The smallest absolute Gasteiger partial charge is 0.449 e. The number of alkyl halides is 3. The predicted octanol–water partition coefficient (Wildman–Crippen LogP) is 4.04. The summed E-state index contributed by atoms with van der Waals surface area (Å²) >= 11 is -0.630. The van der Waals surface area contributed by atoms with Gasteiger partial charge in [0.2, 0.25) is 5.12 Å². The molecule has 0 spiro atoms. The standard InChI is InChI=1S/C12H13F3O2S/c1-3-4-8-7-9(5-6-10(8)17-2)11(16)18-12(13,14)15/h5-7H,3-4H2,1-2H3. The molecule has 0 saturated heterocycles. The van der Waals surface area contributed by atoms with Gasteiger partial charge >= 0.3 is 5.51 Å². The van der Waals surface area contributed by atoms with Gasteiger partial charge in [0.1, 0.15) is 5.75 Å². The summed E-state index contributed by atoms with van der Waals surface area (Å²) in [4.78, 5) is 11.4. The Labute approximate surface area is 108 Å². The van der Waals surface area contributed by atoms with Crippen LogP contribution in [0, 0.1) is 0 Å². The highest BCUT2D eigenvalue weighted by molar-refractivity contribution is 8.14. The number of hydrogen-bond acceptors (Lipinski definition) is 3. The van der Waals surface area contributed by atoms with Crippen LogP contribution in [0.4, 0.5) is 13.2 Å². The van der Waals surface area contributed by atoms with E-state index in [0.717, 1.165) is 12.0 Å². The fourth-order valence-electron chi connectivity index (χ4n) is 1.53. The fourth-order valence-corrected chi connectivity index (χ4v) is 1.99. The Morgan fingerprint density at radius 1 is 1.39 bits per heavy atom. The molecule has 0 amide bonds. The molecule has 100 valence electrons. The van der Waals surface area contributed by atoms with Gasteiger partial charge in [0, 0.05) is 17.3 Å². The van der Waals surface area contributed by atoms with Gasteiger partial charge in [-0.3, -0.25) is 4.79 Å². The zero-order valence-corrected chi connectivity index (χ0v) is 10.8. The van der Waals surface area contributed by atoms with Gasteiger partial charge in [-0.05, 0) is 30.2 Å². The lowest BCUT2D eigenvalue weighted by molar-refractivity contribution is -0.0322. The van der Waals surface area contributed by atoms with Crippen molar-refractivity contribution in [2.75, 3.05) is 7.11 Å². The van der Waals surface area contributed by atoms with Crippen LogP contribution in [-0.4, -0.2) is 17.7 Å². The second-order valence-corrected chi connectivity index (χ2v) is 4.65. The topological polar surface area (TPSA) is 26.3 Å². The van der Waals surface area contributed by atoms with Crippen molar-refractivity contribution in [3.05, 3.63) is 29.3 Å². The van der Waals surface area contributed by atoms with Crippen molar-refractivity contribution in [2.45, 2.75) is 25.3 Å². The summed E-state index contributed by atoms with van der Waals surface area (Å²) in [6.07, 6.45) is 1.47. The summed E-state index contributed by atoms with van der Waals surface area (Å²) < 4.78 is 41.4. The minimum atomic E-state index is -4.55. The molecule has 1 aromatic carbocycles. The van der Waals surface area contributed by atoms with E-state index < -0.39 is 22.4 Å². The molecule has 18 heavy (non-hydrogen) atoms. The van der Waals surface area contributed by atoms with Crippen molar-refractivity contribution >= 4 is 16.9 Å². The summed E-state index contributed by atoms with van der Waals surface area (Å²) in [5.74, 6) is 0.588. The number of ether oxygens (including phenoxy) is 1. The molecule has 1 rings (SSSR count). The number of carbonyl (C=O) groups is 1. The molecule has 0 unspecified atom stereocenters. The molecule has 0 saturated carbocycles. The van der Waals surface area contributed by atoms with Gasteiger partial charge < -0.3 is 4.74 Å². The number of hydrogen-bond donors (Lipinski definition) is 0. The van der Waals surface area contributed by atoms with Crippen molar-refractivity contribution in [2.24, 2.45) is 0 Å². The number of methoxy groups -OCH3 is 1. The number of thioether (sulfide) groups is 1. The zero-order chi connectivity index (χ0) is 13.8. The Bertz CT molecular complexity index is 430. The molecular formula is C12H13F3O2S. The van der Waals surface area contributed by atoms with Crippen LogP contribution in [0.1, 0.15) is 29.3 Å². The molecule has 0 bridgehead atoms. The Morgan fingerprint density at radius 2 is 2.06 bits per heavy atom. The van der Waals surface area contributed by atoms with Crippen LogP contribution >= 0.6 is 11.8 Å². The molecule has 0 aliphatic heterocycles. The highest BCUT2D eigenvalue weighted by atomic mass is 32.2. The second kappa shape index (κ2) is 6.13. The lowest BCUT2D eigenvalue weighted by atomic mass is 10.1. The van der Waals surface area contributed by atoms with Crippen molar-refractivity contribution < 1.29 is 22.7 Å². The Morgan fingerprint density at radius 3 is 2.56 bits per heavy atom. The molecule has 0 N–H and O–H groups in total. The van der Waals surface area contributed by atoms with E-state index in [1.807, 2.05) is 6.92 Å². The average molecular weight is 278 g/mol. The van der Waals surface area contributed by atoms with E-state index in [9.17, 15) is 18.0 Å². The van der Waals surface area contributed by atoms with Gasteiger partial charge in [-0.25, -0.2) is 0 Å². The Kier molecular flexibility index (Phi) is 5.07. The third-order valence-electron chi connectivity index (χ3n) is 2.24. The molecule has 0 aromatic heterocycles. The monoisotopic (exact) mass is 278 g/mol. The number of halogens is 3. The molecule has 0 aliphatic rings. The van der Waals surface area contributed by atoms with Crippen LogP contribution in [0.2, 0.25) is 0 Å². The Balaban J connectivity index is 2.97. The van der Waals surface area contributed by atoms with Crippen LogP contribution in [0.25, 0.3) is 0 Å². The van der Waals surface area contributed by atoms with Crippen molar-refractivity contribution in [3.8, 4) is 5.75 Å². The normalized spacial score (nSPS) is 11.4. The van der Waals surface area contributed by atoms with Gasteiger partial charge in [-0.15, -0.1) is 0 Å². The maximum Gasteiger partial charge on any atom is 0.449 e. The van der Waals surface area contributed by atoms with Crippen LogP contribution in [0.3, 0.4) is 0 Å². The highest BCUT2D eigenvalue weighted by Crippen LogP contribution is 2.34. The van der Waals surface area contributed by atoms with Crippen molar-refractivity contribution in [3.63, 3.8) is 0 Å². The molecule has 0 atom stereocenters. The van der Waals surface area contributed by atoms with E-state index in [2.05, 4.69) is 0 Å². The van der Waals surface area contributed by atoms with E-state index >= 15 is 0 Å². The van der Waals surface area contributed by atoms with E-state index in [1.165, 1.54) is 25.3 Å². The molecule has 0 aliphatic carbocycles. The number of benzene rings is 1. The van der Waals surface area contributed by atoms with E-state index in [4.69, 9.17) is 4.74 Å². The third kappa shape index (κ3) is 4.25. The van der Waals surface area contributed by atoms with Gasteiger partial charge in [-0.2, -0.15) is 13.2 Å². The molecule has 6 heteroatoms. The van der Waals surface area contributed by atoms with Gasteiger partial charge in [0.25, 0.3) is 0 Å². The molecule has 0 fully saturated rings. The summed E-state index contributed by atoms with van der Waals surface area (Å²) in [5.41, 5.74) is -3.77. The quantitative estimate of drug-likeness (QED) is 0.831. The molecule has 1 aromatic rings. The first-order chi connectivity index (χ1) is 8.37. The second-order valence-electron chi connectivity index (χ2n) is 3.61. The molecule has 2 nitrogen and oxygen atoms in total. The maximum atomic E-state index is 12.1. The van der Waals surface area contributed by atoms with E-state index in [0.29, 0.717) is 12.2 Å². The van der Waals surface area contributed by atoms with Gasteiger partial charge in [0.05, 0.1) is 7.11 Å². The van der Waals surface area contributed by atoms with E-state index in [-0.39, 0.29) is 5.56 Å². The summed E-state index contributed by atoms with van der Waals surface area (Å²) in [6.45, 7) is 1.94. The molecule has 0 radical (unpaired) electrons. The first-order valence-corrected chi connectivity index (χ1v) is 6.16. The van der Waals surface area contributed by atoms with Crippen LogP contribution < -0.4 is 4.74 Å². The predicted molar refractivity (Wildman–Crippen MR) is 65.0 cm³/mol. The first-order valence-electron chi connectivity index (χ1n) is 5.34. The van der Waals surface area contributed by atoms with Crippen LogP contribution in [0.15, 0.2) is 18.2 Å². The lowest BCUT2D eigenvalue weighted by Crippen LogP contribution is -2.07. The largest absolute Gasteiger partial charge is 0.496 e. The number of aryl methyl sites for hydroxylation is 1. The number of carbonyl (C=O) groups excluding carboxylic acids is 1. The number of rotatable bonds is 4. The average Bonchev–Trinajstić information content (AvgIpc) is 2.27. The summed E-state index contributed by atoms with van der Waals surface area (Å²) in [7, 11) is 1.49. The molecular weight excluding hydrogens is 265 g/mol. The van der Waals surface area contributed by atoms with Crippen molar-refractivity contribution in [1.82, 2.24) is 0 Å². The minimum Gasteiger partial charge on any atom is -0.496 e. The molecule has 0 heterocycles. The van der Waals surface area contributed by atoms with Crippen LogP contribution in [-0.2, 0) is 6.42 Å². The lowest BCUT2D eigenvalue weighted by Gasteiger charge is -2.10. The maximum absolute atomic E-state index is 12.1. The third-order valence-corrected chi connectivity index (χ3v) is 2.90. The van der Waals surface area contributed by atoms with Crippen LogP contribution in [0.5, 0.6) is 5.75 Å². The summed E-state index contributed by atoms with van der Waals surface area (Å²) in [6, 6.07) is 4.33.